The van der Waals surface area contributed by atoms with Crippen molar-refractivity contribution < 1.29 is 5.11 Å². The van der Waals surface area contributed by atoms with E-state index >= 15 is 0 Å². The van der Waals surface area contributed by atoms with Gasteiger partial charge in [-0.25, -0.2) is 0 Å². The molecule has 1 fully saturated rings. The monoisotopic (exact) mass is 265 g/mol. The van der Waals surface area contributed by atoms with Crippen LogP contribution in [-0.4, -0.2) is 10.6 Å². The van der Waals surface area contributed by atoms with Gasteiger partial charge in [-0.3, -0.25) is 0 Å². The van der Waals surface area contributed by atoms with Crippen LogP contribution in [0.4, 0.5) is 0 Å². The first-order chi connectivity index (χ1) is 8.59. The fraction of sp³-hybridized carbons (Fsp3) is 0.600. The first-order valence-electron chi connectivity index (χ1n) is 6.90. The van der Waals surface area contributed by atoms with Crippen molar-refractivity contribution in [2.75, 3.05) is 0 Å². The molecule has 0 amide bonds. The molecule has 3 rings (SSSR count). The van der Waals surface area contributed by atoms with E-state index in [0.717, 1.165) is 43.2 Å². The number of rotatable bonds is 2. The molecule has 0 atom stereocenters. The third-order valence-corrected chi connectivity index (χ3v) is 4.73. The topological polar surface area (TPSA) is 46.2 Å². The Morgan fingerprint density at radius 3 is 2.67 bits per heavy atom. The van der Waals surface area contributed by atoms with Crippen LogP contribution in [0.5, 0.6) is 5.75 Å². The molecule has 0 spiro atoms. The maximum atomic E-state index is 10.2. The molecule has 0 radical (unpaired) electrons. The molecule has 1 aromatic carbocycles. The lowest BCUT2D eigenvalue weighted by molar-refractivity contribution is 0.462. The molecule has 0 saturated heterocycles. The van der Waals surface area contributed by atoms with Gasteiger partial charge in [-0.2, -0.15) is 0 Å². The number of aryl methyl sites for hydroxylation is 1. The average molecular weight is 266 g/mol. The van der Waals surface area contributed by atoms with E-state index in [9.17, 15) is 5.11 Å². The number of phenols is 1. The summed E-state index contributed by atoms with van der Waals surface area (Å²) in [5.74, 6) is 0.272. The average Bonchev–Trinajstić information content (AvgIpc) is 3.09. The number of phenolic OH excluding ortho intramolecular Hbond substituents is 1. The summed E-state index contributed by atoms with van der Waals surface area (Å²) in [6, 6.07) is 2.15. The summed E-state index contributed by atoms with van der Waals surface area (Å²) in [5.41, 5.74) is 9.50. The van der Waals surface area contributed by atoms with Crippen LogP contribution in [-0.2, 0) is 19.3 Å². The van der Waals surface area contributed by atoms with E-state index in [1.54, 1.807) is 0 Å². The van der Waals surface area contributed by atoms with Crippen LogP contribution < -0.4 is 5.73 Å². The van der Waals surface area contributed by atoms with Gasteiger partial charge >= 0.3 is 0 Å². The van der Waals surface area contributed by atoms with Crippen LogP contribution >= 0.6 is 11.6 Å². The second-order valence-electron chi connectivity index (χ2n) is 5.94. The van der Waals surface area contributed by atoms with E-state index in [2.05, 4.69) is 6.07 Å². The predicted octanol–water partition coefficient (Wildman–Crippen LogP) is 3.35. The van der Waals surface area contributed by atoms with Crippen molar-refractivity contribution in [1.29, 1.82) is 0 Å². The summed E-state index contributed by atoms with van der Waals surface area (Å²) >= 11 is 6.35. The predicted molar refractivity (Wildman–Crippen MR) is 74.2 cm³/mol. The second-order valence-corrected chi connectivity index (χ2v) is 6.31. The number of nitrogens with two attached hydrogens (primary N) is 1. The minimum Gasteiger partial charge on any atom is -0.506 e. The highest BCUT2D eigenvalue weighted by molar-refractivity contribution is 6.33. The molecule has 1 aromatic rings. The molecular weight excluding hydrogens is 246 g/mol. The third kappa shape index (κ3) is 2.24. The van der Waals surface area contributed by atoms with Crippen LogP contribution in [0.1, 0.15) is 48.8 Å². The lowest BCUT2D eigenvalue weighted by Gasteiger charge is -2.16. The SMILES string of the molecule is NC1(Cc2cc3c(c(Cl)c2O)CCCCC3)CC1. The second kappa shape index (κ2) is 4.43. The van der Waals surface area contributed by atoms with E-state index < -0.39 is 0 Å². The van der Waals surface area contributed by atoms with Gasteiger partial charge in [0, 0.05) is 5.54 Å². The molecule has 3 heteroatoms. The maximum Gasteiger partial charge on any atom is 0.137 e. The Morgan fingerprint density at radius 1 is 1.22 bits per heavy atom. The van der Waals surface area contributed by atoms with Gasteiger partial charge in [-0.15, -0.1) is 0 Å². The number of halogens is 1. The van der Waals surface area contributed by atoms with Crippen molar-refractivity contribution in [2.45, 2.75) is 56.9 Å². The van der Waals surface area contributed by atoms with Crippen molar-refractivity contribution in [3.05, 3.63) is 27.8 Å². The molecule has 2 aliphatic rings. The Labute approximate surface area is 113 Å². The zero-order valence-corrected chi connectivity index (χ0v) is 11.4. The minimum atomic E-state index is -0.0836. The van der Waals surface area contributed by atoms with Crippen LogP contribution in [0, 0.1) is 0 Å². The van der Waals surface area contributed by atoms with Gasteiger partial charge in [-0.1, -0.05) is 24.1 Å². The Hall–Kier alpha value is -0.730. The minimum absolute atomic E-state index is 0.0836. The number of hydrogen-bond acceptors (Lipinski definition) is 2. The third-order valence-electron chi connectivity index (χ3n) is 4.32. The number of aromatic hydroxyl groups is 1. The number of fused-ring (bicyclic) bond motifs is 1. The summed E-state index contributed by atoms with van der Waals surface area (Å²) in [5, 5.41) is 10.8. The van der Waals surface area contributed by atoms with E-state index in [0.29, 0.717) is 5.02 Å². The summed E-state index contributed by atoms with van der Waals surface area (Å²) in [4.78, 5) is 0. The van der Waals surface area contributed by atoms with E-state index in [-0.39, 0.29) is 11.3 Å². The standard InChI is InChI=1S/C15H20ClNO/c16-13-12-5-3-1-2-4-10(12)8-11(14(13)18)9-15(17)6-7-15/h8,18H,1-7,9,17H2. The molecule has 2 aliphatic carbocycles. The molecular formula is C15H20ClNO. The summed E-state index contributed by atoms with van der Waals surface area (Å²) in [6.07, 6.45) is 8.60. The summed E-state index contributed by atoms with van der Waals surface area (Å²) in [7, 11) is 0. The fourth-order valence-electron chi connectivity index (χ4n) is 2.93. The zero-order chi connectivity index (χ0) is 12.8. The lowest BCUT2D eigenvalue weighted by Crippen LogP contribution is -2.24. The molecule has 3 N–H and O–H groups in total. The van der Waals surface area contributed by atoms with Gasteiger partial charge in [0.15, 0.2) is 0 Å². The Kier molecular flexibility index (Phi) is 3.03. The van der Waals surface area contributed by atoms with Gasteiger partial charge in [-0.05, 0) is 61.6 Å². The van der Waals surface area contributed by atoms with Crippen LogP contribution in [0.15, 0.2) is 6.07 Å². The van der Waals surface area contributed by atoms with Gasteiger partial charge in [0.1, 0.15) is 5.75 Å². The number of benzene rings is 1. The quantitative estimate of drug-likeness (QED) is 0.806. The van der Waals surface area contributed by atoms with Crippen molar-refractivity contribution >= 4 is 11.6 Å². The highest BCUT2D eigenvalue weighted by Gasteiger charge is 2.39. The maximum absolute atomic E-state index is 10.2. The summed E-state index contributed by atoms with van der Waals surface area (Å²) in [6.45, 7) is 0. The molecule has 98 valence electrons. The van der Waals surface area contributed by atoms with Crippen molar-refractivity contribution in [3.8, 4) is 5.75 Å². The Bertz CT molecular complexity index is 480. The Morgan fingerprint density at radius 2 is 1.94 bits per heavy atom. The lowest BCUT2D eigenvalue weighted by atomic mass is 9.95. The van der Waals surface area contributed by atoms with Gasteiger partial charge in [0.25, 0.3) is 0 Å². The molecule has 0 bridgehead atoms. The van der Waals surface area contributed by atoms with E-state index in [1.807, 2.05) is 0 Å². The molecule has 0 unspecified atom stereocenters. The molecule has 18 heavy (non-hydrogen) atoms. The highest BCUT2D eigenvalue weighted by Crippen LogP contribution is 2.42. The van der Waals surface area contributed by atoms with Gasteiger partial charge in [0.2, 0.25) is 0 Å². The molecule has 0 aliphatic heterocycles. The van der Waals surface area contributed by atoms with Gasteiger partial charge in [0.05, 0.1) is 5.02 Å². The molecule has 0 heterocycles. The van der Waals surface area contributed by atoms with Crippen molar-refractivity contribution in [1.82, 2.24) is 0 Å². The van der Waals surface area contributed by atoms with Crippen LogP contribution in [0.25, 0.3) is 0 Å². The van der Waals surface area contributed by atoms with Gasteiger partial charge < -0.3 is 10.8 Å². The van der Waals surface area contributed by atoms with Crippen molar-refractivity contribution in [3.63, 3.8) is 0 Å². The smallest absolute Gasteiger partial charge is 0.137 e. The Balaban J connectivity index is 2.00. The first-order valence-corrected chi connectivity index (χ1v) is 7.28. The van der Waals surface area contributed by atoms with Crippen LogP contribution in [0.3, 0.4) is 0 Å². The molecule has 1 saturated carbocycles. The normalized spacial score (nSPS) is 21.2. The molecule has 2 nitrogen and oxygen atoms in total. The van der Waals surface area contributed by atoms with Crippen LogP contribution in [0.2, 0.25) is 5.02 Å². The van der Waals surface area contributed by atoms with E-state index in [1.165, 1.54) is 24.8 Å². The fourth-order valence-corrected chi connectivity index (χ4v) is 3.27. The first kappa shape index (κ1) is 12.3. The molecule has 0 aromatic heterocycles. The largest absolute Gasteiger partial charge is 0.506 e. The number of hydrogen-bond donors (Lipinski definition) is 2. The van der Waals surface area contributed by atoms with E-state index in [4.69, 9.17) is 17.3 Å². The zero-order valence-electron chi connectivity index (χ0n) is 10.6. The summed E-state index contributed by atoms with van der Waals surface area (Å²) < 4.78 is 0. The van der Waals surface area contributed by atoms with Crippen molar-refractivity contribution in [2.24, 2.45) is 5.73 Å². The highest BCUT2D eigenvalue weighted by atomic mass is 35.5.